The number of nitrogens with zero attached hydrogens (tertiary/aromatic N) is 1. The van der Waals surface area contributed by atoms with Crippen molar-refractivity contribution in [2.75, 3.05) is 26.7 Å². The molecule has 1 saturated heterocycles. The third kappa shape index (κ3) is 4.00. The molecule has 1 aliphatic rings. The van der Waals surface area contributed by atoms with E-state index in [1.807, 2.05) is 24.3 Å². The zero-order chi connectivity index (χ0) is 13.9. The first-order chi connectivity index (χ1) is 9.02. The molecule has 0 radical (unpaired) electrons. The molecule has 0 bridgehead atoms. The van der Waals surface area contributed by atoms with Gasteiger partial charge in [0, 0.05) is 22.8 Å². The molecule has 4 heteroatoms. The van der Waals surface area contributed by atoms with Gasteiger partial charge in [-0.2, -0.15) is 0 Å². The number of likely N-dealkylation sites (tertiary alicyclic amines) is 1. The van der Waals surface area contributed by atoms with E-state index in [9.17, 15) is 4.79 Å². The Morgan fingerprint density at radius 3 is 2.74 bits per heavy atom. The number of carbonyl (C=O) groups excluding carboxylic acids is 1. The van der Waals surface area contributed by atoms with Crippen LogP contribution in [0.1, 0.15) is 30.1 Å². The summed E-state index contributed by atoms with van der Waals surface area (Å²) >= 11 is 2.25. The largest absolute Gasteiger partial charge is 0.377 e. The Balaban J connectivity index is 1.97. The highest BCUT2D eigenvalue weighted by Crippen LogP contribution is 2.23. The van der Waals surface area contributed by atoms with Gasteiger partial charge in [-0.3, -0.25) is 9.69 Å². The van der Waals surface area contributed by atoms with Crippen LogP contribution in [0, 0.1) is 3.57 Å². The predicted octanol–water partition coefficient (Wildman–Crippen LogP) is 2.97. The van der Waals surface area contributed by atoms with Crippen molar-refractivity contribution >= 4 is 28.4 Å². The Bertz CT molecular complexity index is 446. The van der Waals surface area contributed by atoms with Crippen LogP contribution in [-0.4, -0.2) is 43.0 Å². The van der Waals surface area contributed by atoms with E-state index in [0.29, 0.717) is 6.54 Å². The van der Waals surface area contributed by atoms with E-state index in [1.54, 1.807) is 7.11 Å². The summed E-state index contributed by atoms with van der Waals surface area (Å²) in [5, 5.41) is 0. The minimum Gasteiger partial charge on any atom is -0.377 e. The van der Waals surface area contributed by atoms with Gasteiger partial charge >= 0.3 is 0 Å². The average molecular weight is 373 g/mol. The summed E-state index contributed by atoms with van der Waals surface area (Å²) in [5.41, 5.74) is 0.690. The van der Waals surface area contributed by atoms with Gasteiger partial charge in [-0.1, -0.05) is 12.1 Å². The maximum absolute atomic E-state index is 12.2. The van der Waals surface area contributed by atoms with E-state index in [-0.39, 0.29) is 11.4 Å². The van der Waals surface area contributed by atoms with Crippen LogP contribution < -0.4 is 0 Å². The molecule has 104 valence electrons. The van der Waals surface area contributed by atoms with Gasteiger partial charge in [-0.25, -0.2) is 0 Å². The third-order valence-electron chi connectivity index (χ3n) is 3.76. The van der Waals surface area contributed by atoms with Crippen LogP contribution in [0.25, 0.3) is 0 Å². The molecule has 0 amide bonds. The molecule has 1 aliphatic heterocycles. The van der Waals surface area contributed by atoms with Crippen molar-refractivity contribution in [1.82, 2.24) is 4.90 Å². The van der Waals surface area contributed by atoms with E-state index < -0.39 is 0 Å². The van der Waals surface area contributed by atoms with Crippen LogP contribution in [0.4, 0.5) is 0 Å². The summed E-state index contributed by atoms with van der Waals surface area (Å²) in [7, 11) is 1.75. The average Bonchev–Trinajstić information content (AvgIpc) is 2.39. The fraction of sp³-hybridized carbons (Fsp3) is 0.533. The number of ketones is 1. The van der Waals surface area contributed by atoms with Crippen molar-refractivity contribution in [2.24, 2.45) is 0 Å². The van der Waals surface area contributed by atoms with Crippen LogP contribution in [-0.2, 0) is 4.74 Å². The van der Waals surface area contributed by atoms with Crippen LogP contribution in [0.15, 0.2) is 24.3 Å². The van der Waals surface area contributed by atoms with E-state index >= 15 is 0 Å². The lowest BCUT2D eigenvalue weighted by Gasteiger charge is -2.39. The molecule has 0 aromatic heterocycles. The third-order valence-corrected chi connectivity index (χ3v) is 4.48. The quantitative estimate of drug-likeness (QED) is 0.601. The van der Waals surface area contributed by atoms with E-state index in [4.69, 9.17) is 4.74 Å². The van der Waals surface area contributed by atoms with Crippen molar-refractivity contribution in [1.29, 1.82) is 0 Å². The summed E-state index contributed by atoms with van der Waals surface area (Å²) in [6.45, 7) is 4.42. The zero-order valence-electron chi connectivity index (χ0n) is 11.5. The maximum Gasteiger partial charge on any atom is 0.176 e. The van der Waals surface area contributed by atoms with Gasteiger partial charge < -0.3 is 4.74 Å². The van der Waals surface area contributed by atoms with Crippen LogP contribution >= 0.6 is 22.6 Å². The minimum absolute atomic E-state index is 0.107. The molecule has 2 rings (SSSR count). The van der Waals surface area contributed by atoms with Crippen molar-refractivity contribution < 1.29 is 9.53 Å². The Kier molecular flexibility index (Phi) is 4.97. The van der Waals surface area contributed by atoms with Crippen LogP contribution in [0.5, 0.6) is 0 Å². The highest BCUT2D eigenvalue weighted by Gasteiger charge is 2.31. The summed E-state index contributed by atoms with van der Waals surface area (Å²) in [6, 6.07) is 7.76. The number of piperidine rings is 1. The van der Waals surface area contributed by atoms with Crippen molar-refractivity contribution in [2.45, 2.75) is 25.4 Å². The monoisotopic (exact) mass is 373 g/mol. The van der Waals surface area contributed by atoms with Gasteiger partial charge in [-0.15, -0.1) is 0 Å². The predicted molar refractivity (Wildman–Crippen MR) is 84.6 cm³/mol. The van der Waals surface area contributed by atoms with E-state index in [1.165, 1.54) is 0 Å². The number of halogens is 1. The normalized spacial score (nSPS) is 24.4. The summed E-state index contributed by atoms with van der Waals surface area (Å²) in [5.74, 6) is 0.191. The van der Waals surface area contributed by atoms with Gasteiger partial charge in [0.25, 0.3) is 0 Å². The van der Waals surface area contributed by atoms with Gasteiger partial charge in [0.2, 0.25) is 0 Å². The number of Topliss-reactive ketones (excluding diaryl/α,β-unsaturated/α-hetero) is 1. The van der Waals surface area contributed by atoms with Gasteiger partial charge in [0.05, 0.1) is 12.1 Å². The zero-order valence-corrected chi connectivity index (χ0v) is 13.6. The highest BCUT2D eigenvalue weighted by molar-refractivity contribution is 14.1. The molecule has 1 atom stereocenters. The molecule has 1 aromatic rings. The lowest BCUT2D eigenvalue weighted by atomic mass is 9.94. The fourth-order valence-corrected chi connectivity index (χ4v) is 2.90. The van der Waals surface area contributed by atoms with Gasteiger partial charge in [0.1, 0.15) is 0 Å². The molecule has 3 nitrogen and oxygen atoms in total. The highest BCUT2D eigenvalue weighted by atomic mass is 127. The number of benzene rings is 1. The van der Waals surface area contributed by atoms with Crippen LogP contribution in [0.3, 0.4) is 0 Å². The molecule has 1 heterocycles. The molecule has 1 unspecified atom stereocenters. The Morgan fingerprint density at radius 2 is 2.11 bits per heavy atom. The molecular formula is C15H20INO2. The molecule has 0 N–H and O–H groups in total. The molecule has 0 aliphatic carbocycles. The lowest BCUT2D eigenvalue weighted by Crippen LogP contribution is -2.48. The summed E-state index contributed by atoms with van der Waals surface area (Å²) < 4.78 is 6.71. The summed E-state index contributed by atoms with van der Waals surface area (Å²) in [6.07, 6.45) is 2.15. The number of ether oxygens (including phenoxy) is 1. The first kappa shape index (κ1) is 14.9. The van der Waals surface area contributed by atoms with Crippen molar-refractivity contribution in [3.8, 4) is 0 Å². The van der Waals surface area contributed by atoms with E-state index in [0.717, 1.165) is 35.1 Å². The van der Waals surface area contributed by atoms with Crippen LogP contribution in [0.2, 0.25) is 0 Å². The Hall–Kier alpha value is -0.460. The molecular weight excluding hydrogens is 353 g/mol. The minimum atomic E-state index is -0.107. The molecule has 0 saturated carbocycles. The molecule has 1 aromatic carbocycles. The number of hydrogen-bond acceptors (Lipinski definition) is 3. The first-order valence-corrected chi connectivity index (χ1v) is 7.66. The number of methoxy groups -OCH3 is 1. The smallest absolute Gasteiger partial charge is 0.176 e. The van der Waals surface area contributed by atoms with Gasteiger partial charge in [0.15, 0.2) is 5.78 Å². The summed E-state index contributed by atoms with van der Waals surface area (Å²) in [4.78, 5) is 14.4. The van der Waals surface area contributed by atoms with E-state index in [2.05, 4.69) is 34.4 Å². The maximum atomic E-state index is 12.2. The topological polar surface area (TPSA) is 29.5 Å². The molecule has 0 spiro atoms. The second-order valence-corrected chi connectivity index (χ2v) is 6.64. The molecule has 1 fully saturated rings. The Morgan fingerprint density at radius 1 is 1.42 bits per heavy atom. The lowest BCUT2D eigenvalue weighted by molar-refractivity contribution is -0.0485. The second-order valence-electron chi connectivity index (χ2n) is 5.40. The van der Waals surface area contributed by atoms with Gasteiger partial charge in [-0.05, 0) is 61.0 Å². The standard InChI is InChI=1S/C15H20INO2/c1-15(19-2)8-3-9-17(11-15)10-14(18)12-4-6-13(16)7-5-12/h4-7H,3,8-11H2,1-2H3. The number of carbonyl (C=O) groups is 1. The number of hydrogen-bond donors (Lipinski definition) is 0. The number of rotatable bonds is 4. The SMILES string of the molecule is COC1(C)CCCN(CC(=O)c2ccc(I)cc2)C1. The first-order valence-electron chi connectivity index (χ1n) is 6.59. The van der Waals surface area contributed by atoms with Crippen molar-refractivity contribution in [3.63, 3.8) is 0 Å². The fourth-order valence-electron chi connectivity index (χ4n) is 2.54. The van der Waals surface area contributed by atoms with Crippen molar-refractivity contribution in [3.05, 3.63) is 33.4 Å². The molecule has 19 heavy (non-hydrogen) atoms. The second kappa shape index (κ2) is 6.33. The Labute approximate surface area is 128 Å².